The number of hydrogen-bond acceptors (Lipinski definition) is 5. The molecule has 16 heavy (non-hydrogen) atoms. The van der Waals surface area contributed by atoms with Gasteiger partial charge in [-0.15, -0.1) is 0 Å². The fourth-order valence-corrected chi connectivity index (χ4v) is 2.68. The van der Waals surface area contributed by atoms with E-state index in [-0.39, 0.29) is 27.9 Å². The minimum atomic E-state index is -3.42. The largest absolute Gasteiger partial charge is 0.496 e. The van der Waals surface area contributed by atoms with Crippen LogP contribution in [-0.4, -0.2) is 27.2 Å². The van der Waals surface area contributed by atoms with Crippen molar-refractivity contribution >= 4 is 15.6 Å². The van der Waals surface area contributed by atoms with Crippen LogP contribution in [0.15, 0.2) is 17.0 Å². The molecule has 0 aromatic heterocycles. The Morgan fingerprint density at radius 2 is 2.12 bits per heavy atom. The van der Waals surface area contributed by atoms with Crippen molar-refractivity contribution in [1.29, 1.82) is 0 Å². The van der Waals surface area contributed by atoms with Crippen LogP contribution in [0.4, 0.5) is 0 Å². The Hall–Kier alpha value is -1.56. The molecule has 0 atom stereocenters. The van der Waals surface area contributed by atoms with Crippen molar-refractivity contribution in [2.75, 3.05) is 13.0 Å². The molecule has 0 aliphatic carbocycles. The summed E-state index contributed by atoms with van der Waals surface area (Å²) in [7, 11) is -2.00. The summed E-state index contributed by atoms with van der Waals surface area (Å²) in [4.78, 5) is 11.4. The Balaban J connectivity index is 2.71. The molecular weight excluding hydrogens is 232 g/mol. The fraction of sp³-hybridized carbons (Fsp3) is 0.300. The second kappa shape index (κ2) is 3.48. The molecule has 86 valence electrons. The lowest BCUT2D eigenvalue weighted by atomic mass is 10.1. The minimum Gasteiger partial charge on any atom is -0.496 e. The number of ether oxygens (including phenoxy) is 2. The summed E-state index contributed by atoms with van der Waals surface area (Å²) < 4.78 is 33.1. The fourth-order valence-electron chi connectivity index (χ4n) is 1.55. The van der Waals surface area contributed by atoms with E-state index >= 15 is 0 Å². The topological polar surface area (TPSA) is 69.7 Å². The van der Waals surface area contributed by atoms with Gasteiger partial charge in [0.2, 0.25) is 9.84 Å². The Kier molecular flexibility index (Phi) is 2.38. The first kappa shape index (κ1) is 10.9. The van der Waals surface area contributed by atoms with Crippen LogP contribution in [0, 0.1) is 0 Å². The molecule has 6 heteroatoms. The number of hydrogen-bond donors (Lipinski definition) is 0. The van der Waals surface area contributed by atoms with Crippen molar-refractivity contribution in [3.05, 3.63) is 17.7 Å². The van der Waals surface area contributed by atoms with Crippen LogP contribution in [0.25, 0.3) is 0 Å². The van der Waals surface area contributed by atoms with Gasteiger partial charge in [0.25, 0.3) is 0 Å². The molecule has 0 amide bonds. The molecule has 1 aromatic rings. The molecule has 0 radical (unpaired) electrons. The lowest BCUT2D eigenvalue weighted by molar-refractivity contribution is 0.101. The van der Waals surface area contributed by atoms with Crippen LogP contribution in [0.3, 0.4) is 0 Å². The van der Waals surface area contributed by atoms with E-state index in [2.05, 4.69) is 0 Å². The summed E-state index contributed by atoms with van der Waals surface area (Å²) in [6, 6.07) is 2.73. The third kappa shape index (κ3) is 1.55. The highest BCUT2D eigenvalue weighted by Crippen LogP contribution is 2.37. The van der Waals surface area contributed by atoms with E-state index < -0.39 is 9.84 Å². The molecule has 0 bridgehead atoms. The molecule has 0 saturated heterocycles. The van der Waals surface area contributed by atoms with E-state index in [0.717, 1.165) is 0 Å². The number of fused-ring (bicyclic) bond motifs is 1. The van der Waals surface area contributed by atoms with Crippen LogP contribution in [0.1, 0.15) is 17.3 Å². The predicted octanol–water partition coefficient (Wildman–Crippen LogP) is 1.02. The Labute approximate surface area is 92.9 Å². The highest BCUT2D eigenvalue weighted by Gasteiger charge is 2.30. The van der Waals surface area contributed by atoms with Gasteiger partial charge < -0.3 is 9.47 Å². The van der Waals surface area contributed by atoms with Crippen molar-refractivity contribution in [3.8, 4) is 11.5 Å². The van der Waals surface area contributed by atoms with Crippen LogP contribution in [0.5, 0.6) is 11.5 Å². The second-order valence-electron chi connectivity index (χ2n) is 3.43. The van der Waals surface area contributed by atoms with Gasteiger partial charge in [-0.25, -0.2) is 8.42 Å². The maximum Gasteiger partial charge on any atom is 0.216 e. The summed E-state index contributed by atoms with van der Waals surface area (Å²) in [6.07, 6.45) is 0. The zero-order valence-corrected chi connectivity index (χ0v) is 9.63. The van der Waals surface area contributed by atoms with Gasteiger partial charge in [-0.05, 0) is 13.0 Å². The molecule has 5 nitrogen and oxygen atoms in total. The van der Waals surface area contributed by atoms with Crippen molar-refractivity contribution in [2.24, 2.45) is 0 Å². The molecule has 1 aromatic carbocycles. The van der Waals surface area contributed by atoms with E-state index in [4.69, 9.17) is 9.47 Å². The van der Waals surface area contributed by atoms with Gasteiger partial charge in [0.1, 0.15) is 16.4 Å². The number of benzene rings is 1. The SMILES string of the molecule is COc1cc2c(cc1C(C)=O)S(=O)(=O)CO2. The third-order valence-electron chi connectivity index (χ3n) is 2.35. The molecule has 1 aliphatic rings. The molecule has 0 unspecified atom stereocenters. The van der Waals surface area contributed by atoms with Crippen molar-refractivity contribution in [3.63, 3.8) is 0 Å². The first-order valence-electron chi connectivity index (χ1n) is 4.54. The lowest BCUT2D eigenvalue weighted by Crippen LogP contribution is -2.03. The first-order chi connectivity index (χ1) is 7.45. The zero-order chi connectivity index (χ0) is 11.9. The van der Waals surface area contributed by atoms with E-state index in [9.17, 15) is 13.2 Å². The quantitative estimate of drug-likeness (QED) is 0.724. The first-order valence-corrected chi connectivity index (χ1v) is 6.19. The van der Waals surface area contributed by atoms with Gasteiger partial charge in [-0.3, -0.25) is 4.79 Å². The Morgan fingerprint density at radius 1 is 1.44 bits per heavy atom. The normalized spacial score (nSPS) is 16.4. The molecule has 2 rings (SSSR count). The Morgan fingerprint density at radius 3 is 2.69 bits per heavy atom. The second-order valence-corrected chi connectivity index (χ2v) is 5.34. The zero-order valence-electron chi connectivity index (χ0n) is 8.81. The number of sulfone groups is 1. The van der Waals surface area contributed by atoms with Gasteiger partial charge in [0, 0.05) is 6.07 Å². The lowest BCUT2D eigenvalue weighted by Gasteiger charge is -2.07. The van der Waals surface area contributed by atoms with Crippen LogP contribution >= 0.6 is 0 Å². The number of rotatable bonds is 2. The standard InChI is InChI=1S/C10H10O5S/c1-6(11)7-3-10-9(4-8(7)14-2)15-5-16(10,12)13/h3-4H,5H2,1-2H3. The summed E-state index contributed by atoms with van der Waals surface area (Å²) in [6.45, 7) is 1.35. The summed E-state index contributed by atoms with van der Waals surface area (Å²) in [5.41, 5.74) is 0.246. The van der Waals surface area contributed by atoms with Crippen LogP contribution in [-0.2, 0) is 9.84 Å². The molecule has 0 N–H and O–H groups in total. The number of ketones is 1. The smallest absolute Gasteiger partial charge is 0.216 e. The van der Waals surface area contributed by atoms with Crippen molar-refractivity contribution in [1.82, 2.24) is 0 Å². The van der Waals surface area contributed by atoms with E-state index in [1.165, 1.54) is 26.2 Å². The van der Waals surface area contributed by atoms with E-state index in [1.807, 2.05) is 0 Å². The van der Waals surface area contributed by atoms with Crippen molar-refractivity contribution < 1.29 is 22.7 Å². The van der Waals surface area contributed by atoms with Gasteiger partial charge >= 0.3 is 0 Å². The minimum absolute atomic E-state index is 0.0542. The molecule has 1 aliphatic heterocycles. The van der Waals surface area contributed by atoms with Gasteiger partial charge in [-0.2, -0.15) is 0 Å². The number of Topliss-reactive ketones (excluding diaryl/α,β-unsaturated/α-hetero) is 1. The van der Waals surface area contributed by atoms with Gasteiger partial charge in [-0.1, -0.05) is 0 Å². The molecule has 0 spiro atoms. The highest BCUT2D eigenvalue weighted by atomic mass is 32.2. The number of methoxy groups -OCH3 is 1. The summed E-state index contributed by atoms with van der Waals surface area (Å²) >= 11 is 0. The third-order valence-corrected chi connectivity index (χ3v) is 3.77. The van der Waals surface area contributed by atoms with Crippen LogP contribution in [0.2, 0.25) is 0 Å². The summed E-state index contributed by atoms with van der Waals surface area (Å²) in [5.74, 6) is -0.0701. The number of carbonyl (C=O) groups is 1. The molecule has 0 saturated carbocycles. The average molecular weight is 242 g/mol. The molecule has 1 heterocycles. The molecular formula is C10H10O5S. The van der Waals surface area contributed by atoms with Crippen molar-refractivity contribution in [2.45, 2.75) is 11.8 Å². The van der Waals surface area contributed by atoms with Gasteiger partial charge in [0.05, 0.1) is 12.7 Å². The summed E-state index contributed by atoms with van der Waals surface area (Å²) in [5, 5.41) is 0. The van der Waals surface area contributed by atoms with Crippen LogP contribution < -0.4 is 9.47 Å². The number of carbonyl (C=O) groups excluding carboxylic acids is 1. The average Bonchev–Trinajstić information content (AvgIpc) is 2.52. The highest BCUT2D eigenvalue weighted by molar-refractivity contribution is 7.91. The maximum absolute atomic E-state index is 11.6. The van der Waals surface area contributed by atoms with E-state index in [0.29, 0.717) is 5.75 Å². The van der Waals surface area contributed by atoms with Gasteiger partial charge in [0.15, 0.2) is 11.7 Å². The predicted molar refractivity (Wildman–Crippen MR) is 55.7 cm³/mol. The monoisotopic (exact) mass is 242 g/mol. The molecule has 0 fully saturated rings. The maximum atomic E-state index is 11.6. The van der Waals surface area contributed by atoms with E-state index in [1.54, 1.807) is 0 Å². The Bertz CT molecular complexity index is 559.